The van der Waals surface area contributed by atoms with E-state index < -0.39 is 0 Å². The molecule has 1 unspecified atom stereocenters. The first-order valence-electron chi connectivity index (χ1n) is 9.85. The van der Waals surface area contributed by atoms with Crippen molar-refractivity contribution >= 4 is 11.3 Å². The van der Waals surface area contributed by atoms with Gasteiger partial charge in [0, 0.05) is 18.0 Å². The SMILES string of the molecule is c1ccc2c(c1)COC21CCN(CCC2CCCc3sccc32)CC1. The summed E-state index contributed by atoms with van der Waals surface area (Å²) in [6.07, 6.45) is 7.71. The number of ether oxygens (including phenoxy) is 1. The number of hydrogen-bond donors (Lipinski definition) is 0. The normalized spacial score (nSPS) is 25.0. The Balaban J connectivity index is 1.20. The van der Waals surface area contributed by atoms with Gasteiger partial charge in [-0.15, -0.1) is 11.3 Å². The predicted octanol–water partition coefficient (Wildman–Crippen LogP) is 5.08. The average molecular weight is 354 g/mol. The van der Waals surface area contributed by atoms with Crippen molar-refractivity contribution in [1.29, 1.82) is 0 Å². The van der Waals surface area contributed by atoms with Gasteiger partial charge >= 0.3 is 0 Å². The number of aryl methyl sites for hydroxylation is 1. The Labute approximate surface area is 154 Å². The highest BCUT2D eigenvalue weighted by Gasteiger charge is 2.42. The summed E-state index contributed by atoms with van der Waals surface area (Å²) >= 11 is 1.97. The lowest BCUT2D eigenvalue weighted by atomic mass is 9.83. The first kappa shape index (κ1) is 16.0. The Kier molecular flexibility index (Phi) is 4.19. The quantitative estimate of drug-likeness (QED) is 0.763. The van der Waals surface area contributed by atoms with Crippen LogP contribution in [0.1, 0.15) is 59.6 Å². The summed E-state index contributed by atoms with van der Waals surface area (Å²) in [4.78, 5) is 4.33. The van der Waals surface area contributed by atoms with E-state index in [1.807, 2.05) is 11.3 Å². The summed E-state index contributed by atoms with van der Waals surface area (Å²) in [5.41, 5.74) is 4.55. The van der Waals surface area contributed by atoms with Crippen molar-refractivity contribution in [3.05, 3.63) is 57.3 Å². The Morgan fingerprint density at radius 1 is 1.16 bits per heavy atom. The molecule has 0 amide bonds. The van der Waals surface area contributed by atoms with Crippen LogP contribution in [0.4, 0.5) is 0 Å². The standard InChI is InChI=1S/C22H27NOS/c1-2-6-20-18(4-1)16-24-22(20)10-13-23(14-11-22)12-8-17-5-3-7-21-19(17)9-15-25-21/h1-2,4,6,9,15,17H,3,5,7-8,10-14,16H2. The molecule has 1 aromatic carbocycles. The maximum atomic E-state index is 6.31. The van der Waals surface area contributed by atoms with Crippen LogP contribution in [0.3, 0.4) is 0 Å². The molecule has 1 saturated heterocycles. The minimum Gasteiger partial charge on any atom is -0.365 e. The van der Waals surface area contributed by atoms with Gasteiger partial charge in [-0.3, -0.25) is 0 Å². The monoisotopic (exact) mass is 353 g/mol. The zero-order valence-corrected chi connectivity index (χ0v) is 15.7. The first-order valence-corrected chi connectivity index (χ1v) is 10.7. The van der Waals surface area contributed by atoms with Crippen molar-refractivity contribution < 1.29 is 4.74 Å². The zero-order valence-electron chi connectivity index (χ0n) is 14.9. The molecule has 3 heterocycles. The van der Waals surface area contributed by atoms with E-state index in [1.54, 1.807) is 10.4 Å². The molecule has 1 atom stereocenters. The van der Waals surface area contributed by atoms with E-state index >= 15 is 0 Å². The van der Waals surface area contributed by atoms with Crippen LogP contribution >= 0.6 is 11.3 Å². The van der Waals surface area contributed by atoms with Gasteiger partial charge in [0.05, 0.1) is 12.2 Å². The molecule has 0 radical (unpaired) electrons. The summed E-state index contributed by atoms with van der Waals surface area (Å²) in [7, 11) is 0. The molecule has 1 fully saturated rings. The molecule has 2 nitrogen and oxygen atoms in total. The third kappa shape index (κ3) is 2.87. The van der Waals surface area contributed by atoms with Gasteiger partial charge in [0.25, 0.3) is 0 Å². The van der Waals surface area contributed by atoms with Crippen LogP contribution in [0, 0.1) is 0 Å². The van der Waals surface area contributed by atoms with Crippen molar-refractivity contribution in [3.63, 3.8) is 0 Å². The molecule has 2 aromatic rings. The molecule has 3 aliphatic rings. The molecule has 3 heteroatoms. The summed E-state index contributed by atoms with van der Waals surface area (Å²) in [5.74, 6) is 0.800. The molecule has 1 spiro atoms. The van der Waals surface area contributed by atoms with Gasteiger partial charge in [0.15, 0.2) is 0 Å². The molecule has 5 rings (SSSR count). The van der Waals surface area contributed by atoms with Crippen LogP contribution in [0.25, 0.3) is 0 Å². The average Bonchev–Trinajstić information content (AvgIpc) is 3.28. The van der Waals surface area contributed by atoms with Gasteiger partial charge in [-0.1, -0.05) is 24.3 Å². The number of nitrogens with zero attached hydrogens (tertiary/aromatic N) is 1. The smallest absolute Gasteiger partial charge is 0.0963 e. The Morgan fingerprint density at radius 3 is 2.96 bits per heavy atom. The fraction of sp³-hybridized carbons (Fsp3) is 0.545. The molecular weight excluding hydrogens is 326 g/mol. The lowest BCUT2D eigenvalue weighted by Crippen LogP contribution is -2.43. The van der Waals surface area contributed by atoms with Crippen LogP contribution in [-0.4, -0.2) is 24.5 Å². The number of likely N-dealkylation sites (tertiary alicyclic amines) is 1. The predicted molar refractivity (Wildman–Crippen MR) is 103 cm³/mol. The van der Waals surface area contributed by atoms with Crippen LogP contribution in [-0.2, 0) is 23.4 Å². The van der Waals surface area contributed by atoms with Crippen molar-refractivity contribution in [2.45, 2.75) is 56.7 Å². The summed E-state index contributed by atoms with van der Waals surface area (Å²) in [6, 6.07) is 11.2. The van der Waals surface area contributed by atoms with Crippen molar-refractivity contribution in [2.75, 3.05) is 19.6 Å². The van der Waals surface area contributed by atoms with Gasteiger partial charge < -0.3 is 9.64 Å². The molecule has 132 valence electrons. The first-order chi connectivity index (χ1) is 12.3. The second-order valence-electron chi connectivity index (χ2n) is 7.96. The van der Waals surface area contributed by atoms with Crippen molar-refractivity contribution in [3.8, 4) is 0 Å². The lowest BCUT2D eigenvalue weighted by molar-refractivity contribution is -0.0789. The molecule has 0 saturated carbocycles. The largest absolute Gasteiger partial charge is 0.365 e. The van der Waals surface area contributed by atoms with Crippen LogP contribution in [0.5, 0.6) is 0 Å². The van der Waals surface area contributed by atoms with E-state index in [-0.39, 0.29) is 5.60 Å². The lowest BCUT2D eigenvalue weighted by Gasteiger charge is -2.39. The van der Waals surface area contributed by atoms with Gasteiger partial charge in [-0.25, -0.2) is 0 Å². The Bertz CT molecular complexity index is 744. The minimum atomic E-state index is 0.0124. The second-order valence-corrected chi connectivity index (χ2v) is 8.96. The van der Waals surface area contributed by atoms with E-state index in [2.05, 4.69) is 40.6 Å². The minimum absolute atomic E-state index is 0.0124. The number of hydrogen-bond acceptors (Lipinski definition) is 3. The molecule has 0 N–H and O–H groups in total. The number of thiophene rings is 1. The third-order valence-corrected chi connectivity index (χ3v) is 7.64. The highest BCUT2D eigenvalue weighted by Crippen LogP contribution is 2.44. The highest BCUT2D eigenvalue weighted by atomic mass is 32.1. The topological polar surface area (TPSA) is 12.5 Å². The maximum absolute atomic E-state index is 6.31. The van der Waals surface area contributed by atoms with Crippen molar-refractivity contribution in [1.82, 2.24) is 4.90 Å². The molecule has 0 bridgehead atoms. The number of fused-ring (bicyclic) bond motifs is 3. The fourth-order valence-electron chi connectivity index (χ4n) is 5.16. The Hall–Kier alpha value is -1.16. The third-order valence-electron chi connectivity index (χ3n) is 6.65. The van der Waals surface area contributed by atoms with Crippen LogP contribution < -0.4 is 0 Å². The highest BCUT2D eigenvalue weighted by molar-refractivity contribution is 7.10. The second kappa shape index (κ2) is 6.53. The number of rotatable bonds is 3. The number of piperidine rings is 1. The zero-order chi connectivity index (χ0) is 16.7. The summed E-state index contributed by atoms with van der Waals surface area (Å²) in [6.45, 7) is 4.41. The summed E-state index contributed by atoms with van der Waals surface area (Å²) < 4.78 is 6.31. The molecular formula is C22H27NOS. The number of benzene rings is 1. The van der Waals surface area contributed by atoms with E-state index in [0.717, 1.165) is 25.4 Å². The van der Waals surface area contributed by atoms with Crippen LogP contribution in [0.15, 0.2) is 35.7 Å². The van der Waals surface area contributed by atoms with Crippen LogP contribution in [0.2, 0.25) is 0 Å². The molecule has 1 aromatic heterocycles. The van der Waals surface area contributed by atoms with Gasteiger partial charge in [0.1, 0.15) is 0 Å². The van der Waals surface area contributed by atoms with E-state index in [0.29, 0.717) is 0 Å². The van der Waals surface area contributed by atoms with E-state index in [4.69, 9.17) is 4.74 Å². The Morgan fingerprint density at radius 2 is 2.04 bits per heavy atom. The fourth-order valence-corrected chi connectivity index (χ4v) is 6.17. The van der Waals surface area contributed by atoms with Crippen molar-refractivity contribution in [2.24, 2.45) is 0 Å². The molecule has 1 aliphatic carbocycles. The van der Waals surface area contributed by atoms with E-state index in [1.165, 1.54) is 56.4 Å². The van der Waals surface area contributed by atoms with Gasteiger partial charge in [-0.05, 0) is 79.1 Å². The molecule has 25 heavy (non-hydrogen) atoms. The maximum Gasteiger partial charge on any atom is 0.0963 e. The molecule has 2 aliphatic heterocycles. The van der Waals surface area contributed by atoms with Gasteiger partial charge in [-0.2, -0.15) is 0 Å². The van der Waals surface area contributed by atoms with Gasteiger partial charge in [0.2, 0.25) is 0 Å². The summed E-state index contributed by atoms with van der Waals surface area (Å²) in [5, 5.41) is 2.29. The van der Waals surface area contributed by atoms with E-state index in [9.17, 15) is 0 Å².